The van der Waals surface area contributed by atoms with Crippen molar-refractivity contribution in [2.75, 3.05) is 27.2 Å². The first-order chi connectivity index (χ1) is 17.0. The predicted octanol–water partition coefficient (Wildman–Crippen LogP) is 4.85. The van der Waals surface area contributed by atoms with Gasteiger partial charge in [0.25, 0.3) is 0 Å². The van der Waals surface area contributed by atoms with Crippen LogP contribution in [-0.4, -0.2) is 63.6 Å². The van der Waals surface area contributed by atoms with Crippen molar-refractivity contribution in [2.45, 2.75) is 64.0 Å². The highest BCUT2D eigenvalue weighted by molar-refractivity contribution is 5.89. The molecule has 186 valence electrons. The average Bonchev–Trinajstić information content (AvgIpc) is 3.24. The number of fused-ring (bicyclic) bond motifs is 1. The van der Waals surface area contributed by atoms with Crippen LogP contribution in [0, 0.1) is 5.92 Å². The second-order valence-electron chi connectivity index (χ2n) is 10.8. The first kappa shape index (κ1) is 24.1. The van der Waals surface area contributed by atoms with E-state index in [1.54, 1.807) is 0 Å². The number of hydrogen-bond acceptors (Lipinski definition) is 5. The molecule has 1 saturated heterocycles. The van der Waals surface area contributed by atoms with E-state index in [-0.39, 0.29) is 5.92 Å². The fraction of sp³-hybridized carbons (Fsp3) is 0.552. The molecule has 6 nitrogen and oxygen atoms in total. The van der Waals surface area contributed by atoms with E-state index < -0.39 is 0 Å². The van der Waals surface area contributed by atoms with E-state index in [9.17, 15) is 4.79 Å². The zero-order chi connectivity index (χ0) is 24.4. The van der Waals surface area contributed by atoms with Crippen LogP contribution in [0.15, 0.2) is 36.7 Å². The van der Waals surface area contributed by atoms with Gasteiger partial charge in [0.15, 0.2) is 0 Å². The van der Waals surface area contributed by atoms with Gasteiger partial charge in [0.05, 0.1) is 11.9 Å². The lowest BCUT2D eigenvalue weighted by Gasteiger charge is -2.31. The Bertz CT molecular complexity index is 1170. The van der Waals surface area contributed by atoms with Gasteiger partial charge in [-0.15, -0.1) is 0 Å². The molecule has 1 aliphatic heterocycles. The molecule has 0 unspecified atom stereocenters. The highest BCUT2D eigenvalue weighted by Crippen LogP contribution is 2.30. The Morgan fingerprint density at radius 1 is 1.00 bits per heavy atom. The van der Waals surface area contributed by atoms with Gasteiger partial charge in [0.2, 0.25) is 0 Å². The largest absolute Gasteiger partial charge is 0.306 e. The van der Waals surface area contributed by atoms with Crippen molar-refractivity contribution in [3.05, 3.63) is 48.0 Å². The molecule has 5 rings (SSSR count). The molecule has 1 aliphatic carbocycles. The van der Waals surface area contributed by atoms with E-state index >= 15 is 0 Å². The Labute approximate surface area is 209 Å². The normalized spacial score (nSPS) is 21.6. The SMILES string of the molecule is CN(C)C1CCC(C(=O)Cc2cc3cc(-c4cnn(C)c4CN4CCCCC4)ccc3cn2)CC1. The second-order valence-corrected chi connectivity index (χ2v) is 10.8. The van der Waals surface area contributed by atoms with Crippen LogP contribution in [0.5, 0.6) is 0 Å². The molecule has 1 saturated carbocycles. The molecule has 2 fully saturated rings. The molecule has 2 aliphatic rings. The third-order valence-corrected chi connectivity index (χ3v) is 8.21. The summed E-state index contributed by atoms with van der Waals surface area (Å²) in [5, 5.41) is 6.85. The predicted molar refractivity (Wildman–Crippen MR) is 141 cm³/mol. The van der Waals surface area contributed by atoms with Gasteiger partial charge in [0, 0.05) is 54.8 Å². The summed E-state index contributed by atoms with van der Waals surface area (Å²) in [5.41, 5.74) is 4.54. The molecule has 3 aromatic rings. The van der Waals surface area contributed by atoms with Crippen LogP contribution in [0.4, 0.5) is 0 Å². The molecule has 1 aromatic carbocycles. The molecule has 2 aromatic heterocycles. The van der Waals surface area contributed by atoms with E-state index in [0.29, 0.717) is 18.2 Å². The third kappa shape index (κ3) is 5.49. The fourth-order valence-electron chi connectivity index (χ4n) is 5.91. The minimum Gasteiger partial charge on any atom is -0.306 e. The zero-order valence-corrected chi connectivity index (χ0v) is 21.5. The van der Waals surface area contributed by atoms with Crippen molar-refractivity contribution in [2.24, 2.45) is 13.0 Å². The highest BCUT2D eigenvalue weighted by Gasteiger charge is 2.27. The van der Waals surface area contributed by atoms with Crippen LogP contribution in [-0.2, 0) is 24.8 Å². The van der Waals surface area contributed by atoms with Crippen LogP contribution in [0.3, 0.4) is 0 Å². The summed E-state index contributed by atoms with van der Waals surface area (Å²) in [6, 6.07) is 9.29. The number of Topliss-reactive ketones (excluding diaryl/α,β-unsaturated/α-hetero) is 1. The number of aromatic nitrogens is 3. The molecular formula is C29H39N5O. The average molecular weight is 474 g/mol. The van der Waals surface area contributed by atoms with Crippen molar-refractivity contribution in [3.8, 4) is 11.1 Å². The van der Waals surface area contributed by atoms with Crippen LogP contribution in [0.2, 0.25) is 0 Å². The number of ketones is 1. The summed E-state index contributed by atoms with van der Waals surface area (Å²) in [7, 11) is 6.33. The maximum absolute atomic E-state index is 13.0. The maximum atomic E-state index is 13.0. The van der Waals surface area contributed by atoms with Crippen molar-refractivity contribution in [1.29, 1.82) is 0 Å². The number of hydrogen-bond donors (Lipinski definition) is 0. The monoisotopic (exact) mass is 473 g/mol. The molecule has 0 radical (unpaired) electrons. The molecule has 0 N–H and O–H groups in total. The van der Waals surface area contributed by atoms with Gasteiger partial charge in [-0.25, -0.2) is 0 Å². The molecule has 3 heterocycles. The highest BCUT2D eigenvalue weighted by atomic mass is 16.1. The van der Waals surface area contributed by atoms with Crippen LogP contribution < -0.4 is 0 Å². The summed E-state index contributed by atoms with van der Waals surface area (Å²) in [5.74, 6) is 0.532. The molecule has 0 atom stereocenters. The summed E-state index contributed by atoms with van der Waals surface area (Å²) < 4.78 is 2.02. The van der Waals surface area contributed by atoms with Gasteiger partial charge in [-0.2, -0.15) is 5.10 Å². The van der Waals surface area contributed by atoms with Crippen LogP contribution in [0.25, 0.3) is 21.9 Å². The summed E-state index contributed by atoms with van der Waals surface area (Å²) >= 11 is 0. The molecule has 0 bridgehead atoms. The number of carbonyl (C=O) groups is 1. The standard InChI is InChI=1S/C29H39N5O/c1-32(2)26-11-9-21(10-12-26)29(35)17-25-16-24-15-22(7-8-23(24)18-30-25)27-19-31-33(3)28(27)20-34-13-5-4-6-14-34/h7-8,15-16,18-19,21,26H,4-6,9-14,17,20H2,1-3H3. The Hall–Kier alpha value is -2.57. The fourth-order valence-corrected chi connectivity index (χ4v) is 5.91. The van der Waals surface area contributed by atoms with Crippen molar-refractivity contribution >= 4 is 16.6 Å². The van der Waals surface area contributed by atoms with Crippen molar-refractivity contribution < 1.29 is 4.79 Å². The number of benzene rings is 1. The minimum atomic E-state index is 0.183. The number of carbonyl (C=O) groups excluding carboxylic acids is 1. The quantitative estimate of drug-likeness (QED) is 0.491. The smallest absolute Gasteiger partial charge is 0.141 e. The molecule has 35 heavy (non-hydrogen) atoms. The lowest BCUT2D eigenvalue weighted by Crippen LogP contribution is -2.34. The lowest BCUT2D eigenvalue weighted by atomic mass is 9.82. The third-order valence-electron chi connectivity index (χ3n) is 8.21. The van der Waals surface area contributed by atoms with E-state index in [4.69, 9.17) is 0 Å². The first-order valence-corrected chi connectivity index (χ1v) is 13.3. The Kier molecular flexibility index (Phi) is 7.30. The van der Waals surface area contributed by atoms with Gasteiger partial charge in [-0.05, 0) is 88.8 Å². The molecule has 0 amide bonds. The van der Waals surface area contributed by atoms with E-state index in [2.05, 4.69) is 58.2 Å². The maximum Gasteiger partial charge on any atom is 0.141 e. The number of aryl methyl sites for hydroxylation is 1. The van der Waals surface area contributed by atoms with Gasteiger partial charge in [-0.1, -0.05) is 18.6 Å². The van der Waals surface area contributed by atoms with E-state index in [0.717, 1.165) is 48.7 Å². The number of nitrogens with zero attached hydrogens (tertiary/aromatic N) is 5. The summed E-state index contributed by atoms with van der Waals surface area (Å²) in [6.07, 6.45) is 12.5. The topological polar surface area (TPSA) is 54.3 Å². The van der Waals surface area contributed by atoms with Crippen LogP contribution >= 0.6 is 0 Å². The lowest BCUT2D eigenvalue weighted by molar-refractivity contribution is -0.123. The van der Waals surface area contributed by atoms with Crippen molar-refractivity contribution in [3.63, 3.8) is 0 Å². The molecular weight excluding hydrogens is 434 g/mol. The number of piperidine rings is 1. The Morgan fingerprint density at radius 3 is 2.51 bits per heavy atom. The number of rotatable bonds is 7. The van der Waals surface area contributed by atoms with E-state index in [1.165, 1.54) is 49.2 Å². The second kappa shape index (κ2) is 10.6. The summed E-state index contributed by atoms with van der Waals surface area (Å²) in [6.45, 7) is 3.28. The van der Waals surface area contributed by atoms with Gasteiger partial charge < -0.3 is 4.90 Å². The first-order valence-electron chi connectivity index (χ1n) is 13.3. The van der Waals surface area contributed by atoms with Gasteiger partial charge in [0.1, 0.15) is 5.78 Å². The zero-order valence-electron chi connectivity index (χ0n) is 21.5. The minimum absolute atomic E-state index is 0.183. The Morgan fingerprint density at radius 2 is 1.77 bits per heavy atom. The molecule has 0 spiro atoms. The van der Waals surface area contributed by atoms with Gasteiger partial charge >= 0.3 is 0 Å². The van der Waals surface area contributed by atoms with Crippen LogP contribution in [0.1, 0.15) is 56.3 Å². The van der Waals surface area contributed by atoms with Crippen molar-refractivity contribution in [1.82, 2.24) is 24.6 Å². The van der Waals surface area contributed by atoms with E-state index in [1.807, 2.05) is 24.1 Å². The van der Waals surface area contributed by atoms with Gasteiger partial charge in [-0.3, -0.25) is 19.4 Å². The molecule has 6 heteroatoms. The summed E-state index contributed by atoms with van der Waals surface area (Å²) in [4.78, 5) is 22.5. The Balaban J connectivity index is 1.32. The number of pyridine rings is 1. The number of likely N-dealkylation sites (tertiary alicyclic amines) is 1.